The SMILES string of the molecule is CCN(C(=O)O)c1scc(C(=O)NCc2c(C)cc(C)[nH]c2=O)c1C. The molecule has 8 heteroatoms. The Bertz CT molecular complexity index is 869. The standard InChI is InChI=1S/C17H21N3O4S/c1-5-20(17(23)24)16-11(4)13(8-25-16)14(21)18-7-12-9(2)6-10(3)19-15(12)22/h6,8H,5,7H2,1-4H3,(H,18,21)(H,19,22)(H,23,24). The van der Waals surface area contributed by atoms with Gasteiger partial charge in [-0.15, -0.1) is 11.3 Å². The lowest BCUT2D eigenvalue weighted by atomic mass is 10.1. The average molecular weight is 363 g/mol. The van der Waals surface area contributed by atoms with Gasteiger partial charge in [0, 0.05) is 29.7 Å². The van der Waals surface area contributed by atoms with E-state index in [1.54, 1.807) is 26.2 Å². The van der Waals surface area contributed by atoms with E-state index in [-0.39, 0.29) is 18.0 Å². The third kappa shape index (κ3) is 3.90. The predicted molar refractivity (Wildman–Crippen MR) is 97.8 cm³/mol. The summed E-state index contributed by atoms with van der Waals surface area (Å²) in [5, 5.41) is 14.1. The van der Waals surface area contributed by atoms with Gasteiger partial charge in [-0.3, -0.25) is 14.5 Å². The van der Waals surface area contributed by atoms with Crippen molar-refractivity contribution in [1.29, 1.82) is 0 Å². The Labute approximate surface area is 149 Å². The highest BCUT2D eigenvalue weighted by Gasteiger charge is 2.21. The highest BCUT2D eigenvalue weighted by molar-refractivity contribution is 7.15. The summed E-state index contributed by atoms with van der Waals surface area (Å²) in [4.78, 5) is 39.6. The highest BCUT2D eigenvalue weighted by Crippen LogP contribution is 2.31. The zero-order valence-corrected chi connectivity index (χ0v) is 15.4. The molecular weight excluding hydrogens is 342 g/mol. The van der Waals surface area contributed by atoms with Crippen LogP contribution >= 0.6 is 11.3 Å². The van der Waals surface area contributed by atoms with E-state index < -0.39 is 6.09 Å². The van der Waals surface area contributed by atoms with Gasteiger partial charge in [-0.05, 0) is 44.9 Å². The van der Waals surface area contributed by atoms with Crippen LogP contribution in [-0.4, -0.2) is 28.6 Å². The highest BCUT2D eigenvalue weighted by atomic mass is 32.1. The molecule has 0 unspecified atom stereocenters. The first kappa shape index (κ1) is 18.7. The van der Waals surface area contributed by atoms with Gasteiger partial charge in [-0.2, -0.15) is 0 Å². The van der Waals surface area contributed by atoms with Gasteiger partial charge >= 0.3 is 6.09 Å². The van der Waals surface area contributed by atoms with Crippen molar-refractivity contribution in [2.45, 2.75) is 34.2 Å². The summed E-state index contributed by atoms with van der Waals surface area (Å²) in [5.74, 6) is -0.333. The molecular formula is C17H21N3O4S. The minimum atomic E-state index is -1.05. The third-order valence-corrected chi connectivity index (χ3v) is 5.07. The van der Waals surface area contributed by atoms with Gasteiger partial charge in [0.1, 0.15) is 5.00 Å². The summed E-state index contributed by atoms with van der Waals surface area (Å²) in [6.45, 7) is 7.49. The molecule has 2 rings (SSSR count). The summed E-state index contributed by atoms with van der Waals surface area (Å²) in [5.41, 5.74) is 2.90. The predicted octanol–water partition coefficient (Wildman–Crippen LogP) is 2.80. The van der Waals surface area contributed by atoms with Gasteiger partial charge in [0.05, 0.1) is 5.56 Å². The summed E-state index contributed by atoms with van der Waals surface area (Å²) >= 11 is 1.21. The van der Waals surface area contributed by atoms with Crippen LogP contribution in [0, 0.1) is 20.8 Å². The van der Waals surface area contributed by atoms with Crippen molar-refractivity contribution in [1.82, 2.24) is 10.3 Å². The number of carboxylic acid groups (broad SMARTS) is 1. The number of pyridine rings is 1. The first-order valence-electron chi connectivity index (χ1n) is 7.82. The Hall–Kier alpha value is -2.61. The number of carbonyl (C=O) groups excluding carboxylic acids is 1. The number of carbonyl (C=O) groups is 2. The molecule has 0 saturated heterocycles. The fourth-order valence-corrected chi connectivity index (χ4v) is 3.76. The van der Waals surface area contributed by atoms with Crippen molar-refractivity contribution < 1.29 is 14.7 Å². The van der Waals surface area contributed by atoms with Crippen LogP contribution in [0.4, 0.5) is 9.80 Å². The molecule has 0 saturated carbocycles. The number of hydrogen-bond donors (Lipinski definition) is 3. The summed E-state index contributed by atoms with van der Waals surface area (Å²) < 4.78 is 0. The van der Waals surface area contributed by atoms with Crippen LogP contribution < -0.4 is 15.8 Å². The maximum atomic E-state index is 12.4. The van der Waals surface area contributed by atoms with Gasteiger partial charge < -0.3 is 15.4 Å². The Balaban J connectivity index is 2.19. The molecule has 0 spiro atoms. The molecule has 0 radical (unpaired) electrons. The third-order valence-electron chi connectivity index (χ3n) is 3.97. The zero-order chi connectivity index (χ0) is 18.7. The van der Waals surface area contributed by atoms with E-state index >= 15 is 0 Å². The number of rotatable bonds is 5. The molecule has 25 heavy (non-hydrogen) atoms. The number of nitrogens with one attached hydrogen (secondary N) is 2. The van der Waals surface area contributed by atoms with E-state index in [0.717, 1.165) is 11.3 Å². The van der Waals surface area contributed by atoms with Crippen LogP contribution in [0.1, 0.15) is 39.7 Å². The Morgan fingerprint density at radius 3 is 2.56 bits per heavy atom. The molecule has 2 heterocycles. The number of aromatic amines is 1. The summed E-state index contributed by atoms with van der Waals surface area (Å²) in [7, 11) is 0. The van der Waals surface area contributed by atoms with Gasteiger partial charge in [-0.25, -0.2) is 4.79 Å². The van der Waals surface area contributed by atoms with Crippen LogP contribution in [0.25, 0.3) is 0 Å². The molecule has 3 N–H and O–H groups in total. The lowest BCUT2D eigenvalue weighted by Gasteiger charge is -2.16. The molecule has 2 amide bonds. The number of H-pyrrole nitrogens is 1. The van der Waals surface area contributed by atoms with Crippen molar-refractivity contribution in [3.8, 4) is 0 Å². The number of nitrogens with zero attached hydrogens (tertiary/aromatic N) is 1. The second-order valence-corrected chi connectivity index (χ2v) is 6.59. The van der Waals surface area contributed by atoms with E-state index in [0.29, 0.717) is 28.2 Å². The number of amides is 2. The van der Waals surface area contributed by atoms with Crippen LogP contribution in [-0.2, 0) is 6.54 Å². The first-order chi connectivity index (χ1) is 11.8. The minimum Gasteiger partial charge on any atom is -0.465 e. The van der Waals surface area contributed by atoms with E-state index in [1.165, 1.54) is 16.2 Å². The largest absolute Gasteiger partial charge is 0.465 e. The normalized spacial score (nSPS) is 10.6. The fraction of sp³-hybridized carbons (Fsp3) is 0.353. The molecule has 7 nitrogen and oxygen atoms in total. The number of aromatic nitrogens is 1. The number of hydrogen-bond acceptors (Lipinski definition) is 4. The van der Waals surface area contributed by atoms with E-state index in [9.17, 15) is 19.5 Å². The van der Waals surface area contributed by atoms with Crippen molar-refractivity contribution in [3.05, 3.63) is 49.7 Å². The van der Waals surface area contributed by atoms with Crippen molar-refractivity contribution in [2.75, 3.05) is 11.4 Å². The van der Waals surface area contributed by atoms with Gasteiger partial charge in [0.15, 0.2) is 0 Å². The molecule has 2 aromatic rings. The Kier molecular flexibility index (Phi) is 5.63. The smallest absolute Gasteiger partial charge is 0.412 e. The molecule has 0 atom stereocenters. The second-order valence-electron chi connectivity index (χ2n) is 5.73. The fourth-order valence-electron chi connectivity index (χ4n) is 2.63. The van der Waals surface area contributed by atoms with Gasteiger partial charge in [-0.1, -0.05) is 0 Å². The average Bonchev–Trinajstić information content (AvgIpc) is 2.88. The molecule has 134 valence electrons. The zero-order valence-electron chi connectivity index (χ0n) is 14.6. The van der Waals surface area contributed by atoms with Gasteiger partial charge in [0.2, 0.25) is 0 Å². The van der Waals surface area contributed by atoms with E-state index in [4.69, 9.17) is 0 Å². The number of aryl methyl sites for hydroxylation is 2. The Morgan fingerprint density at radius 1 is 1.32 bits per heavy atom. The van der Waals surface area contributed by atoms with Crippen LogP contribution in [0.5, 0.6) is 0 Å². The van der Waals surface area contributed by atoms with Gasteiger partial charge in [0.25, 0.3) is 11.5 Å². The van der Waals surface area contributed by atoms with Crippen molar-refractivity contribution in [3.63, 3.8) is 0 Å². The first-order valence-corrected chi connectivity index (χ1v) is 8.70. The quantitative estimate of drug-likeness (QED) is 0.760. The molecule has 0 aliphatic carbocycles. The molecule has 2 aromatic heterocycles. The molecule has 0 fully saturated rings. The van der Waals surface area contributed by atoms with E-state index in [1.807, 2.05) is 13.0 Å². The maximum absolute atomic E-state index is 12.4. The van der Waals surface area contributed by atoms with E-state index in [2.05, 4.69) is 10.3 Å². The monoisotopic (exact) mass is 363 g/mol. The van der Waals surface area contributed by atoms with Crippen LogP contribution in [0.2, 0.25) is 0 Å². The molecule has 0 bridgehead atoms. The van der Waals surface area contributed by atoms with Crippen LogP contribution in [0.15, 0.2) is 16.2 Å². The minimum absolute atomic E-state index is 0.112. The summed E-state index contributed by atoms with van der Waals surface area (Å²) in [6, 6.07) is 1.85. The molecule has 0 aromatic carbocycles. The topological polar surface area (TPSA) is 102 Å². The summed E-state index contributed by atoms with van der Waals surface area (Å²) in [6.07, 6.45) is -1.05. The Morgan fingerprint density at radius 2 is 2.00 bits per heavy atom. The maximum Gasteiger partial charge on any atom is 0.412 e. The molecule has 0 aliphatic rings. The number of thiophene rings is 1. The lowest BCUT2D eigenvalue weighted by molar-refractivity contribution is 0.0950. The number of anilines is 1. The second kappa shape index (κ2) is 7.52. The molecule has 0 aliphatic heterocycles. The van der Waals surface area contributed by atoms with Crippen molar-refractivity contribution in [2.24, 2.45) is 0 Å². The van der Waals surface area contributed by atoms with Crippen LogP contribution in [0.3, 0.4) is 0 Å². The lowest BCUT2D eigenvalue weighted by Crippen LogP contribution is -2.29. The van der Waals surface area contributed by atoms with Crippen molar-refractivity contribution >= 4 is 28.3 Å².